The average Bonchev–Trinajstić information content (AvgIpc) is 3.12. The van der Waals surface area contributed by atoms with E-state index in [2.05, 4.69) is 15.2 Å². The van der Waals surface area contributed by atoms with Gasteiger partial charge in [-0.15, -0.1) is 0 Å². The Morgan fingerprint density at radius 1 is 1.22 bits per heavy atom. The van der Waals surface area contributed by atoms with Crippen LogP contribution in [0.15, 0.2) is 4.79 Å². The van der Waals surface area contributed by atoms with Crippen LogP contribution in [-0.2, 0) is 24.9 Å². The molecule has 0 aliphatic carbocycles. The second-order valence-electron chi connectivity index (χ2n) is 7.40. The van der Waals surface area contributed by atoms with Crippen molar-refractivity contribution in [3.05, 3.63) is 28.0 Å². The van der Waals surface area contributed by atoms with Crippen molar-refractivity contribution in [2.45, 2.75) is 59.5 Å². The largest absolute Gasteiger partial charge is 0.345 e. The van der Waals surface area contributed by atoms with Crippen molar-refractivity contribution in [1.29, 1.82) is 0 Å². The molecule has 1 unspecified atom stereocenters. The number of hydrogen-bond acceptors (Lipinski definition) is 5. The van der Waals surface area contributed by atoms with E-state index in [1.54, 1.807) is 16.3 Å². The number of likely N-dealkylation sites (tertiary alicyclic amines) is 1. The molecule has 0 bridgehead atoms. The van der Waals surface area contributed by atoms with Crippen molar-refractivity contribution in [3.63, 3.8) is 0 Å². The van der Waals surface area contributed by atoms with Crippen LogP contribution < -0.4 is 5.69 Å². The molecule has 3 heterocycles. The lowest BCUT2D eigenvalue weighted by Gasteiger charge is -2.33. The maximum Gasteiger partial charge on any atom is 0.345 e. The summed E-state index contributed by atoms with van der Waals surface area (Å²) < 4.78 is 4.94. The quantitative estimate of drug-likeness (QED) is 0.773. The van der Waals surface area contributed by atoms with Gasteiger partial charge < -0.3 is 4.90 Å². The van der Waals surface area contributed by atoms with Gasteiger partial charge in [0.25, 0.3) is 0 Å². The summed E-state index contributed by atoms with van der Waals surface area (Å²) in [4.78, 5) is 31.2. The topological polar surface area (TPSA) is 90.8 Å². The molecule has 148 valence electrons. The highest BCUT2D eigenvalue weighted by Crippen LogP contribution is 2.27. The number of piperidine rings is 1. The van der Waals surface area contributed by atoms with Gasteiger partial charge in [0, 0.05) is 32.6 Å². The minimum Gasteiger partial charge on any atom is -0.342 e. The predicted octanol–water partition coefficient (Wildman–Crippen LogP) is 0.852. The SMILES string of the molecule is CCn1c(C2CCN(C(=O)C(C)Cn3nc(C)nc3C)CC2)nn(C)c1=O. The van der Waals surface area contributed by atoms with E-state index in [1.807, 2.05) is 32.6 Å². The zero-order valence-corrected chi connectivity index (χ0v) is 16.8. The monoisotopic (exact) mass is 375 g/mol. The summed E-state index contributed by atoms with van der Waals surface area (Å²) in [6.45, 7) is 10.2. The summed E-state index contributed by atoms with van der Waals surface area (Å²) in [5.74, 6) is 2.63. The van der Waals surface area contributed by atoms with Gasteiger partial charge in [-0.3, -0.25) is 9.36 Å². The Morgan fingerprint density at radius 3 is 2.44 bits per heavy atom. The summed E-state index contributed by atoms with van der Waals surface area (Å²) in [6, 6.07) is 0. The van der Waals surface area contributed by atoms with E-state index in [0.717, 1.165) is 30.3 Å². The number of hydrogen-bond donors (Lipinski definition) is 0. The zero-order chi connectivity index (χ0) is 19.7. The van der Waals surface area contributed by atoms with Crippen molar-refractivity contribution in [2.75, 3.05) is 13.1 Å². The molecule has 0 aromatic carbocycles. The van der Waals surface area contributed by atoms with E-state index in [1.165, 1.54) is 4.68 Å². The first-order valence-electron chi connectivity index (χ1n) is 9.62. The fourth-order valence-corrected chi connectivity index (χ4v) is 3.86. The molecule has 1 aliphatic heterocycles. The van der Waals surface area contributed by atoms with Crippen LogP contribution in [0.4, 0.5) is 0 Å². The second kappa shape index (κ2) is 7.66. The number of carbonyl (C=O) groups is 1. The third-order valence-electron chi connectivity index (χ3n) is 5.36. The lowest BCUT2D eigenvalue weighted by molar-refractivity contribution is -0.136. The Hall–Kier alpha value is -2.45. The van der Waals surface area contributed by atoms with Gasteiger partial charge in [0.15, 0.2) is 0 Å². The summed E-state index contributed by atoms with van der Waals surface area (Å²) in [6.07, 6.45) is 1.66. The first kappa shape index (κ1) is 19.3. The first-order chi connectivity index (χ1) is 12.8. The van der Waals surface area contributed by atoms with E-state index in [0.29, 0.717) is 26.2 Å². The third-order valence-corrected chi connectivity index (χ3v) is 5.36. The number of carbonyl (C=O) groups excluding carboxylic acids is 1. The molecular formula is C18H29N7O2. The number of aromatic nitrogens is 6. The molecule has 1 amide bonds. The van der Waals surface area contributed by atoms with Crippen LogP contribution in [0.25, 0.3) is 0 Å². The molecule has 27 heavy (non-hydrogen) atoms. The van der Waals surface area contributed by atoms with Crippen LogP contribution in [-0.4, -0.2) is 53.0 Å². The Bertz CT molecular complexity index is 871. The molecule has 0 spiro atoms. The molecule has 1 fully saturated rings. The van der Waals surface area contributed by atoms with Crippen molar-refractivity contribution in [1.82, 2.24) is 34.0 Å². The molecule has 2 aromatic heterocycles. The molecule has 0 N–H and O–H groups in total. The maximum absolute atomic E-state index is 12.8. The number of aryl methyl sites for hydroxylation is 3. The van der Waals surface area contributed by atoms with Gasteiger partial charge in [-0.1, -0.05) is 6.92 Å². The lowest BCUT2D eigenvalue weighted by Crippen LogP contribution is -2.42. The molecule has 0 radical (unpaired) electrons. The fraction of sp³-hybridized carbons (Fsp3) is 0.722. The summed E-state index contributed by atoms with van der Waals surface area (Å²) in [7, 11) is 1.69. The number of rotatable bonds is 5. The van der Waals surface area contributed by atoms with Gasteiger partial charge >= 0.3 is 5.69 Å². The van der Waals surface area contributed by atoms with Crippen molar-refractivity contribution < 1.29 is 4.79 Å². The van der Waals surface area contributed by atoms with Crippen LogP contribution in [0.3, 0.4) is 0 Å². The molecular weight excluding hydrogens is 346 g/mol. The highest BCUT2D eigenvalue weighted by Gasteiger charge is 2.30. The van der Waals surface area contributed by atoms with Gasteiger partial charge in [-0.25, -0.2) is 19.1 Å². The van der Waals surface area contributed by atoms with Gasteiger partial charge in [0.2, 0.25) is 5.91 Å². The normalized spacial score (nSPS) is 16.7. The summed E-state index contributed by atoms with van der Waals surface area (Å²) in [5.41, 5.74) is -0.0712. The highest BCUT2D eigenvalue weighted by molar-refractivity contribution is 5.78. The minimum absolute atomic E-state index is 0.0712. The standard InChI is InChI=1S/C18H29N7O2/c1-6-24-16(21-22(5)18(24)27)15-7-9-23(10-8-15)17(26)12(2)11-25-14(4)19-13(3)20-25/h12,15H,6-11H2,1-5H3. The smallest absolute Gasteiger partial charge is 0.342 e. The molecule has 1 atom stereocenters. The van der Waals surface area contributed by atoms with Crippen LogP contribution in [0.5, 0.6) is 0 Å². The Kier molecular flexibility index (Phi) is 5.48. The number of nitrogens with zero attached hydrogens (tertiary/aromatic N) is 7. The minimum atomic E-state index is -0.148. The Labute approximate surface area is 159 Å². The maximum atomic E-state index is 12.8. The van der Waals surface area contributed by atoms with E-state index in [9.17, 15) is 9.59 Å². The van der Waals surface area contributed by atoms with Crippen LogP contribution in [0, 0.1) is 19.8 Å². The molecule has 1 aliphatic rings. The Balaban J connectivity index is 1.61. The van der Waals surface area contributed by atoms with E-state index in [-0.39, 0.29) is 23.4 Å². The fourth-order valence-electron chi connectivity index (χ4n) is 3.86. The highest BCUT2D eigenvalue weighted by atomic mass is 16.2. The number of amides is 1. The first-order valence-corrected chi connectivity index (χ1v) is 9.62. The van der Waals surface area contributed by atoms with Crippen molar-refractivity contribution in [2.24, 2.45) is 13.0 Å². The molecule has 1 saturated heterocycles. The van der Waals surface area contributed by atoms with Gasteiger partial charge in [-0.05, 0) is 33.6 Å². The predicted molar refractivity (Wildman–Crippen MR) is 100 cm³/mol. The lowest BCUT2D eigenvalue weighted by atomic mass is 9.95. The molecule has 9 nitrogen and oxygen atoms in total. The zero-order valence-electron chi connectivity index (χ0n) is 16.8. The summed E-state index contributed by atoms with van der Waals surface area (Å²) in [5, 5.41) is 8.77. The van der Waals surface area contributed by atoms with Crippen LogP contribution >= 0.6 is 0 Å². The van der Waals surface area contributed by atoms with Gasteiger partial charge in [-0.2, -0.15) is 10.2 Å². The van der Waals surface area contributed by atoms with Gasteiger partial charge in [0.1, 0.15) is 17.5 Å². The van der Waals surface area contributed by atoms with Crippen molar-refractivity contribution >= 4 is 5.91 Å². The molecule has 9 heteroatoms. The third kappa shape index (κ3) is 3.81. The second-order valence-corrected chi connectivity index (χ2v) is 7.40. The van der Waals surface area contributed by atoms with E-state index < -0.39 is 0 Å². The van der Waals surface area contributed by atoms with Crippen molar-refractivity contribution in [3.8, 4) is 0 Å². The molecule has 3 rings (SSSR count). The Morgan fingerprint density at radius 2 is 1.89 bits per heavy atom. The average molecular weight is 375 g/mol. The molecule has 0 saturated carbocycles. The van der Waals surface area contributed by atoms with Crippen LogP contribution in [0.1, 0.15) is 50.1 Å². The van der Waals surface area contributed by atoms with Crippen LogP contribution in [0.2, 0.25) is 0 Å². The summed E-state index contributed by atoms with van der Waals surface area (Å²) >= 11 is 0. The van der Waals surface area contributed by atoms with E-state index >= 15 is 0 Å². The molecule has 2 aromatic rings. The van der Waals surface area contributed by atoms with Gasteiger partial charge in [0.05, 0.1) is 12.5 Å². The van der Waals surface area contributed by atoms with E-state index in [4.69, 9.17) is 0 Å².